The number of sulfonamides is 1. The first kappa shape index (κ1) is 13.2. The standard InChI is InChI=1S/C13H14N2O3S/c1-18-12-8-4-3-7-11(12)15-19(16,17)13-9-5-2-6-10(13)14/h2-9,15H,14H2,1H3. The molecule has 0 aliphatic carbocycles. The van der Waals surface area contributed by atoms with Crippen molar-refractivity contribution in [3.05, 3.63) is 48.5 Å². The number of hydrogen-bond donors (Lipinski definition) is 2. The zero-order chi connectivity index (χ0) is 13.9. The maximum Gasteiger partial charge on any atom is 0.264 e. The Balaban J connectivity index is 2.40. The number of para-hydroxylation sites is 3. The lowest BCUT2D eigenvalue weighted by Crippen LogP contribution is -2.15. The third-order valence-electron chi connectivity index (χ3n) is 2.56. The van der Waals surface area contributed by atoms with E-state index in [0.717, 1.165) is 0 Å². The number of ether oxygens (including phenoxy) is 1. The lowest BCUT2D eigenvalue weighted by Gasteiger charge is -2.12. The summed E-state index contributed by atoms with van der Waals surface area (Å²) in [7, 11) is -2.26. The number of nitrogens with one attached hydrogen (secondary N) is 1. The number of nitrogen functional groups attached to an aromatic ring is 1. The molecule has 100 valence electrons. The predicted octanol–water partition coefficient (Wildman–Crippen LogP) is 2.08. The van der Waals surface area contributed by atoms with Crippen LogP contribution in [0, 0.1) is 0 Å². The molecule has 0 amide bonds. The Bertz CT molecular complexity index is 684. The molecule has 0 radical (unpaired) electrons. The molecule has 6 heteroatoms. The van der Waals surface area contributed by atoms with E-state index in [1.165, 1.54) is 19.2 Å². The van der Waals surface area contributed by atoms with Crippen LogP contribution in [0.3, 0.4) is 0 Å². The zero-order valence-corrected chi connectivity index (χ0v) is 11.1. The average molecular weight is 278 g/mol. The van der Waals surface area contributed by atoms with Crippen LogP contribution in [-0.2, 0) is 10.0 Å². The molecule has 0 fully saturated rings. The molecular formula is C13H14N2O3S. The third kappa shape index (κ3) is 2.79. The van der Waals surface area contributed by atoms with E-state index in [1.54, 1.807) is 36.4 Å². The number of nitrogens with two attached hydrogens (primary N) is 1. The molecule has 0 saturated heterocycles. The molecule has 2 rings (SSSR count). The van der Waals surface area contributed by atoms with Crippen molar-refractivity contribution >= 4 is 21.4 Å². The van der Waals surface area contributed by atoms with E-state index in [0.29, 0.717) is 11.4 Å². The fourth-order valence-electron chi connectivity index (χ4n) is 1.65. The van der Waals surface area contributed by atoms with Gasteiger partial charge in [-0.3, -0.25) is 4.72 Å². The molecule has 0 atom stereocenters. The van der Waals surface area contributed by atoms with Gasteiger partial charge in [0, 0.05) is 0 Å². The van der Waals surface area contributed by atoms with Crippen molar-refractivity contribution < 1.29 is 13.2 Å². The summed E-state index contributed by atoms with van der Waals surface area (Å²) in [6.45, 7) is 0. The molecule has 0 aliphatic heterocycles. The number of anilines is 2. The van der Waals surface area contributed by atoms with E-state index in [1.807, 2.05) is 0 Å². The van der Waals surface area contributed by atoms with Crippen LogP contribution < -0.4 is 15.2 Å². The second-order valence-electron chi connectivity index (χ2n) is 3.84. The van der Waals surface area contributed by atoms with Crippen molar-refractivity contribution in [1.29, 1.82) is 0 Å². The van der Waals surface area contributed by atoms with Crippen molar-refractivity contribution in [1.82, 2.24) is 0 Å². The van der Waals surface area contributed by atoms with Crippen molar-refractivity contribution in [2.24, 2.45) is 0 Å². The largest absolute Gasteiger partial charge is 0.495 e. The summed E-state index contributed by atoms with van der Waals surface area (Å²) < 4.78 is 32.0. The lowest BCUT2D eigenvalue weighted by atomic mass is 10.3. The maximum atomic E-state index is 12.2. The monoisotopic (exact) mass is 278 g/mol. The van der Waals surface area contributed by atoms with Crippen molar-refractivity contribution in [2.45, 2.75) is 4.90 Å². The van der Waals surface area contributed by atoms with Gasteiger partial charge >= 0.3 is 0 Å². The lowest BCUT2D eigenvalue weighted by molar-refractivity contribution is 0.417. The molecular weight excluding hydrogens is 264 g/mol. The predicted molar refractivity (Wildman–Crippen MR) is 74.7 cm³/mol. The number of hydrogen-bond acceptors (Lipinski definition) is 4. The number of benzene rings is 2. The fraction of sp³-hybridized carbons (Fsp3) is 0.0769. The Labute approximate surface area is 112 Å². The summed E-state index contributed by atoms with van der Waals surface area (Å²) in [5.74, 6) is 0.445. The molecule has 0 heterocycles. The van der Waals surface area contributed by atoms with E-state index in [4.69, 9.17) is 10.5 Å². The first-order chi connectivity index (χ1) is 9.04. The minimum atomic E-state index is -3.73. The Kier molecular flexibility index (Phi) is 3.62. The maximum absolute atomic E-state index is 12.2. The Morgan fingerprint density at radius 2 is 1.68 bits per heavy atom. The highest BCUT2D eigenvalue weighted by Gasteiger charge is 2.18. The molecule has 0 saturated carbocycles. The Morgan fingerprint density at radius 1 is 1.05 bits per heavy atom. The molecule has 3 N–H and O–H groups in total. The van der Waals surface area contributed by atoms with Crippen LogP contribution in [0.25, 0.3) is 0 Å². The molecule has 0 spiro atoms. The van der Waals surface area contributed by atoms with Gasteiger partial charge in [-0.2, -0.15) is 0 Å². The molecule has 2 aromatic rings. The highest BCUT2D eigenvalue weighted by molar-refractivity contribution is 7.92. The highest BCUT2D eigenvalue weighted by Crippen LogP contribution is 2.27. The average Bonchev–Trinajstić information content (AvgIpc) is 2.39. The van der Waals surface area contributed by atoms with Gasteiger partial charge in [0.05, 0.1) is 18.5 Å². The molecule has 0 unspecified atom stereocenters. The normalized spacial score (nSPS) is 11.0. The molecule has 0 bridgehead atoms. The Morgan fingerprint density at radius 3 is 2.37 bits per heavy atom. The van der Waals surface area contributed by atoms with E-state index >= 15 is 0 Å². The first-order valence-corrected chi connectivity index (χ1v) is 7.03. The topological polar surface area (TPSA) is 81.4 Å². The van der Waals surface area contributed by atoms with Gasteiger partial charge in [-0.25, -0.2) is 8.42 Å². The summed E-state index contributed by atoms with van der Waals surface area (Å²) in [5.41, 5.74) is 6.25. The van der Waals surface area contributed by atoms with Crippen LogP contribution in [0.5, 0.6) is 5.75 Å². The molecule has 5 nitrogen and oxygen atoms in total. The van der Waals surface area contributed by atoms with Crippen LogP contribution in [0.2, 0.25) is 0 Å². The van der Waals surface area contributed by atoms with Crippen LogP contribution in [0.4, 0.5) is 11.4 Å². The van der Waals surface area contributed by atoms with Gasteiger partial charge in [-0.1, -0.05) is 24.3 Å². The van der Waals surface area contributed by atoms with E-state index in [2.05, 4.69) is 4.72 Å². The molecule has 19 heavy (non-hydrogen) atoms. The fourth-order valence-corrected chi connectivity index (χ4v) is 2.86. The van der Waals surface area contributed by atoms with E-state index in [-0.39, 0.29) is 10.6 Å². The van der Waals surface area contributed by atoms with Gasteiger partial charge < -0.3 is 10.5 Å². The van der Waals surface area contributed by atoms with Crippen molar-refractivity contribution in [3.63, 3.8) is 0 Å². The summed E-state index contributed by atoms with van der Waals surface area (Å²) >= 11 is 0. The van der Waals surface area contributed by atoms with Crippen LogP contribution >= 0.6 is 0 Å². The molecule has 2 aromatic carbocycles. The Hall–Kier alpha value is -2.21. The smallest absolute Gasteiger partial charge is 0.264 e. The number of rotatable bonds is 4. The third-order valence-corrected chi connectivity index (χ3v) is 4.00. The van der Waals surface area contributed by atoms with E-state index in [9.17, 15) is 8.42 Å². The molecule has 0 aromatic heterocycles. The summed E-state index contributed by atoms with van der Waals surface area (Å²) in [6, 6.07) is 13.1. The van der Waals surface area contributed by atoms with Gasteiger partial charge in [0.15, 0.2) is 0 Å². The van der Waals surface area contributed by atoms with Crippen LogP contribution in [0.1, 0.15) is 0 Å². The molecule has 0 aliphatic rings. The van der Waals surface area contributed by atoms with E-state index < -0.39 is 10.0 Å². The summed E-state index contributed by atoms with van der Waals surface area (Å²) in [4.78, 5) is 0.0425. The second kappa shape index (κ2) is 5.19. The summed E-state index contributed by atoms with van der Waals surface area (Å²) in [5, 5.41) is 0. The zero-order valence-electron chi connectivity index (χ0n) is 10.3. The SMILES string of the molecule is COc1ccccc1NS(=O)(=O)c1ccccc1N. The highest BCUT2D eigenvalue weighted by atomic mass is 32.2. The number of methoxy groups -OCH3 is 1. The van der Waals surface area contributed by atoms with Gasteiger partial charge in [0.25, 0.3) is 10.0 Å². The summed E-state index contributed by atoms with van der Waals surface area (Å²) in [6.07, 6.45) is 0. The minimum absolute atomic E-state index is 0.0425. The van der Waals surface area contributed by atoms with Crippen LogP contribution in [-0.4, -0.2) is 15.5 Å². The van der Waals surface area contributed by atoms with Crippen molar-refractivity contribution in [3.8, 4) is 5.75 Å². The quantitative estimate of drug-likeness (QED) is 0.839. The van der Waals surface area contributed by atoms with Crippen LogP contribution in [0.15, 0.2) is 53.4 Å². The van der Waals surface area contributed by atoms with Gasteiger partial charge in [0.1, 0.15) is 10.6 Å². The van der Waals surface area contributed by atoms with Crippen molar-refractivity contribution in [2.75, 3.05) is 17.6 Å². The first-order valence-electron chi connectivity index (χ1n) is 5.55. The van der Waals surface area contributed by atoms with Gasteiger partial charge in [-0.15, -0.1) is 0 Å². The minimum Gasteiger partial charge on any atom is -0.495 e. The van der Waals surface area contributed by atoms with Gasteiger partial charge in [-0.05, 0) is 24.3 Å². The van der Waals surface area contributed by atoms with Gasteiger partial charge in [0.2, 0.25) is 0 Å². The second-order valence-corrected chi connectivity index (χ2v) is 5.49.